The van der Waals surface area contributed by atoms with E-state index in [0.29, 0.717) is 11.1 Å². The van der Waals surface area contributed by atoms with E-state index in [2.05, 4.69) is 15.9 Å². The first-order chi connectivity index (χ1) is 7.41. The molecule has 4 nitrogen and oxygen atoms in total. The Morgan fingerprint density at radius 1 is 1.31 bits per heavy atom. The molecular weight excluding hydrogens is 296 g/mol. The van der Waals surface area contributed by atoms with Crippen molar-refractivity contribution in [1.29, 1.82) is 0 Å². The Bertz CT molecular complexity index is 538. The zero-order chi connectivity index (χ0) is 11.9. The largest absolute Gasteiger partial charge is 0.293 e. The Labute approximate surface area is 102 Å². The number of Topliss-reactive ketones (excluding diaryl/α,β-unsaturated/α-hetero) is 1. The Morgan fingerprint density at radius 3 is 2.56 bits per heavy atom. The van der Waals surface area contributed by atoms with Crippen LogP contribution in [0.4, 0.5) is 0 Å². The average Bonchev–Trinajstić information content (AvgIpc) is 2.22. The summed E-state index contributed by atoms with van der Waals surface area (Å²) < 4.78 is 31.3. The van der Waals surface area contributed by atoms with Crippen LogP contribution in [0.1, 0.15) is 15.9 Å². The van der Waals surface area contributed by atoms with Gasteiger partial charge in [-0.3, -0.25) is 9.35 Å². The molecule has 0 aromatic heterocycles. The molecule has 0 saturated heterocycles. The second-order valence-corrected chi connectivity index (χ2v) is 6.30. The molecule has 0 spiro atoms. The molecule has 0 aliphatic heterocycles. The maximum atomic E-state index is 11.9. The SMILES string of the molecule is O=C1c2ccccc2CC(S(=O)(=O)O)C1Br. The fraction of sp³-hybridized carbons (Fsp3) is 0.300. The number of hydrogen-bond acceptors (Lipinski definition) is 3. The van der Waals surface area contributed by atoms with E-state index in [9.17, 15) is 13.2 Å². The molecule has 0 radical (unpaired) electrons. The monoisotopic (exact) mass is 304 g/mol. The molecule has 2 atom stereocenters. The fourth-order valence-corrected chi connectivity index (χ4v) is 3.90. The van der Waals surface area contributed by atoms with Gasteiger partial charge in [0.2, 0.25) is 0 Å². The fourth-order valence-electron chi connectivity index (χ4n) is 1.83. The predicted octanol–water partition coefficient (Wildman–Crippen LogP) is 1.45. The van der Waals surface area contributed by atoms with Crippen LogP contribution in [0.2, 0.25) is 0 Å². The lowest BCUT2D eigenvalue weighted by Gasteiger charge is -2.25. The van der Waals surface area contributed by atoms with Gasteiger partial charge in [0.25, 0.3) is 10.1 Å². The van der Waals surface area contributed by atoms with Crippen molar-refractivity contribution < 1.29 is 17.8 Å². The van der Waals surface area contributed by atoms with Crippen LogP contribution in [0.5, 0.6) is 0 Å². The minimum atomic E-state index is -4.22. The van der Waals surface area contributed by atoms with E-state index < -0.39 is 20.2 Å². The number of carbonyl (C=O) groups excluding carboxylic acids is 1. The number of rotatable bonds is 1. The minimum Gasteiger partial charge on any atom is -0.293 e. The lowest BCUT2D eigenvalue weighted by Crippen LogP contribution is -2.41. The molecule has 1 aliphatic rings. The van der Waals surface area contributed by atoms with Crippen molar-refractivity contribution >= 4 is 31.8 Å². The summed E-state index contributed by atoms with van der Waals surface area (Å²) in [7, 11) is -4.22. The lowest BCUT2D eigenvalue weighted by atomic mass is 9.90. The van der Waals surface area contributed by atoms with Gasteiger partial charge in [-0.1, -0.05) is 40.2 Å². The average molecular weight is 305 g/mol. The van der Waals surface area contributed by atoms with E-state index in [1.54, 1.807) is 24.3 Å². The first-order valence-electron chi connectivity index (χ1n) is 4.64. The molecule has 2 rings (SSSR count). The number of hydrogen-bond donors (Lipinski definition) is 1. The number of alkyl halides is 1. The number of ketones is 1. The van der Waals surface area contributed by atoms with Crippen molar-refractivity contribution in [1.82, 2.24) is 0 Å². The third-order valence-electron chi connectivity index (χ3n) is 2.66. The van der Waals surface area contributed by atoms with Crippen LogP contribution in [-0.4, -0.2) is 28.8 Å². The van der Waals surface area contributed by atoms with Gasteiger partial charge in [0, 0.05) is 5.56 Å². The second kappa shape index (κ2) is 3.94. The Hall–Kier alpha value is -0.720. The van der Waals surface area contributed by atoms with Crippen molar-refractivity contribution in [2.45, 2.75) is 16.5 Å². The first-order valence-corrected chi connectivity index (χ1v) is 7.05. The molecule has 2 unspecified atom stereocenters. The Kier molecular flexibility index (Phi) is 2.90. The highest BCUT2D eigenvalue weighted by atomic mass is 79.9. The number of benzene rings is 1. The summed E-state index contributed by atoms with van der Waals surface area (Å²) in [6.45, 7) is 0. The van der Waals surface area contributed by atoms with Crippen LogP contribution in [0.3, 0.4) is 0 Å². The summed E-state index contributed by atoms with van der Waals surface area (Å²) in [5.74, 6) is -0.301. The second-order valence-electron chi connectivity index (χ2n) is 3.68. The highest BCUT2D eigenvalue weighted by molar-refractivity contribution is 9.10. The van der Waals surface area contributed by atoms with Gasteiger partial charge < -0.3 is 0 Å². The molecule has 1 aliphatic carbocycles. The van der Waals surface area contributed by atoms with Crippen molar-refractivity contribution in [3.8, 4) is 0 Å². The molecule has 16 heavy (non-hydrogen) atoms. The number of carbonyl (C=O) groups is 1. The van der Waals surface area contributed by atoms with E-state index in [1.807, 2.05) is 0 Å². The topological polar surface area (TPSA) is 71.4 Å². The van der Waals surface area contributed by atoms with E-state index >= 15 is 0 Å². The van der Waals surface area contributed by atoms with Gasteiger partial charge >= 0.3 is 0 Å². The number of fused-ring (bicyclic) bond motifs is 1. The van der Waals surface area contributed by atoms with Crippen LogP contribution in [0.15, 0.2) is 24.3 Å². The van der Waals surface area contributed by atoms with Gasteiger partial charge in [-0.25, -0.2) is 0 Å². The van der Waals surface area contributed by atoms with E-state index in [-0.39, 0.29) is 12.2 Å². The molecule has 1 N–H and O–H groups in total. The van der Waals surface area contributed by atoms with Crippen molar-refractivity contribution in [3.63, 3.8) is 0 Å². The van der Waals surface area contributed by atoms with Gasteiger partial charge in [0.15, 0.2) is 5.78 Å². The van der Waals surface area contributed by atoms with Crippen LogP contribution in [-0.2, 0) is 16.5 Å². The van der Waals surface area contributed by atoms with E-state index in [0.717, 1.165) is 0 Å². The maximum absolute atomic E-state index is 11.9. The summed E-state index contributed by atoms with van der Waals surface area (Å²) in [6, 6.07) is 6.82. The molecule has 1 aromatic rings. The zero-order valence-corrected chi connectivity index (χ0v) is 10.5. The van der Waals surface area contributed by atoms with Crippen LogP contribution in [0.25, 0.3) is 0 Å². The molecule has 0 amide bonds. The van der Waals surface area contributed by atoms with Gasteiger partial charge in [-0.05, 0) is 12.0 Å². The van der Waals surface area contributed by atoms with E-state index in [4.69, 9.17) is 4.55 Å². The van der Waals surface area contributed by atoms with Crippen molar-refractivity contribution in [2.75, 3.05) is 0 Å². The minimum absolute atomic E-state index is 0.149. The number of halogens is 1. The molecule has 1 aromatic carbocycles. The third kappa shape index (κ3) is 1.92. The summed E-state index contributed by atoms with van der Waals surface area (Å²) in [5.41, 5.74) is 1.18. The summed E-state index contributed by atoms with van der Waals surface area (Å²) in [4.78, 5) is 11.0. The quantitative estimate of drug-likeness (QED) is 0.629. The van der Waals surface area contributed by atoms with Crippen LogP contribution < -0.4 is 0 Å². The van der Waals surface area contributed by atoms with Gasteiger partial charge in [-0.2, -0.15) is 8.42 Å². The molecule has 6 heteroatoms. The highest BCUT2D eigenvalue weighted by Gasteiger charge is 2.40. The van der Waals surface area contributed by atoms with E-state index in [1.165, 1.54) is 0 Å². The summed E-state index contributed by atoms with van der Waals surface area (Å²) in [6.07, 6.45) is 0.149. The normalized spacial score (nSPS) is 25.2. The molecule has 0 heterocycles. The van der Waals surface area contributed by atoms with Crippen LogP contribution in [0, 0.1) is 0 Å². The standard InChI is InChI=1S/C10H9BrO4S/c11-9-8(16(13,14)15)5-6-3-1-2-4-7(6)10(9)12/h1-4,8-9H,5H2,(H,13,14,15). The predicted molar refractivity (Wildman–Crippen MR) is 62.5 cm³/mol. The van der Waals surface area contributed by atoms with Gasteiger partial charge in [-0.15, -0.1) is 0 Å². The maximum Gasteiger partial charge on any atom is 0.269 e. The molecule has 0 bridgehead atoms. The Balaban J connectivity index is 2.52. The first kappa shape index (κ1) is 11.8. The van der Waals surface area contributed by atoms with Gasteiger partial charge in [0.05, 0.1) is 4.83 Å². The Morgan fingerprint density at radius 2 is 1.94 bits per heavy atom. The van der Waals surface area contributed by atoms with Crippen molar-refractivity contribution in [2.24, 2.45) is 0 Å². The third-order valence-corrected chi connectivity index (χ3v) is 5.27. The smallest absolute Gasteiger partial charge is 0.269 e. The summed E-state index contributed by atoms with van der Waals surface area (Å²) in [5, 5.41) is -1.10. The van der Waals surface area contributed by atoms with Crippen LogP contribution >= 0.6 is 15.9 Å². The summed E-state index contributed by atoms with van der Waals surface area (Å²) >= 11 is 3.04. The molecule has 0 saturated carbocycles. The molecule has 0 fully saturated rings. The lowest BCUT2D eigenvalue weighted by molar-refractivity contribution is 0.0981. The molecular formula is C10H9BrO4S. The molecule has 86 valence electrons. The van der Waals surface area contributed by atoms with Gasteiger partial charge in [0.1, 0.15) is 5.25 Å². The van der Waals surface area contributed by atoms with Crippen molar-refractivity contribution in [3.05, 3.63) is 35.4 Å². The highest BCUT2D eigenvalue weighted by Crippen LogP contribution is 2.29. The zero-order valence-electron chi connectivity index (χ0n) is 8.13.